The van der Waals surface area contributed by atoms with E-state index in [4.69, 9.17) is 0 Å². The van der Waals surface area contributed by atoms with Crippen LogP contribution in [-0.4, -0.2) is 32.9 Å². The highest BCUT2D eigenvalue weighted by Crippen LogP contribution is 2.29. The fourth-order valence-electron chi connectivity index (χ4n) is 3.20. The zero-order valence-electron chi connectivity index (χ0n) is 15.2. The minimum Gasteiger partial charge on any atom is -1.00 e. The number of para-hydroxylation sites is 4. The summed E-state index contributed by atoms with van der Waals surface area (Å²) in [7, 11) is -4.41. The number of nitrogens with one attached hydrogen (secondary N) is 2. The maximum atomic E-state index is 11.8. The molecule has 7 nitrogen and oxygen atoms in total. The van der Waals surface area contributed by atoms with E-state index in [0.29, 0.717) is 22.8 Å². The number of nitrogens with zero attached hydrogens (tertiary/aromatic N) is 2. The van der Waals surface area contributed by atoms with Gasteiger partial charge in [0.15, 0.2) is 0 Å². The van der Waals surface area contributed by atoms with E-state index in [1.54, 1.807) is 6.07 Å². The molecule has 2 heterocycles. The first kappa shape index (κ1) is 21.8. The van der Waals surface area contributed by atoms with Crippen LogP contribution in [-0.2, 0) is 10.1 Å². The van der Waals surface area contributed by atoms with Crippen LogP contribution in [0.2, 0.25) is 0 Å². The van der Waals surface area contributed by atoms with E-state index < -0.39 is 10.1 Å². The molecule has 0 spiro atoms. The Bertz CT molecular complexity index is 1300. The summed E-state index contributed by atoms with van der Waals surface area (Å²) in [6.45, 7) is 0. The Balaban J connectivity index is 0.00000128. The number of H-pyrrole nitrogens is 2. The van der Waals surface area contributed by atoms with Crippen molar-refractivity contribution < 1.29 is 37.8 Å². The SMILES string of the molecule is O=S(=O)(O)c1cc(-c2nc3ccccc3[nH]2)cc(-c2nc3ccccc3[nH]2)c1.[Cl-].[Cl-]. The summed E-state index contributed by atoms with van der Waals surface area (Å²) in [5, 5.41) is 0. The lowest BCUT2D eigenvalue weighted by molar-refractivity contribution is -0.001000. The smallest absolute Gasteiger partial charge is 0.294 e. The van der Waals surface area contributed by atoms with Crippen molar-refractivity contribution in [3.8, 4) is 22.8 Å². The van der Waals surface area contributed by atoms with Crippen molar-refractivity contribution in [3.63, 3.8) is 0 Å². The van der Waals surface area contributed by atoms with Gasteiger partial charge in [0.25, 0.3) is 10.1 Å². The number of halogens is 2. The predicted octanol–water partition coefficient (Wildman–Crippen LogP) is -1.97. The standard InChI is InChI=1S/C20H14N4O3S.2ClH/c25-28(26,27)14-10-12(19-21-15-5-1-2-6-16(15)22-19)9-13(11-14)20-23-17-7-3-4-8-18(17)24-20;;/h1-11H,(H,21,22)(H,23,24)(H,25,26,27);2*1H/p-2. The topological polar surface area (TPSA) is 112 Å². The van der Waals surface area contributed by atoms with Gasteiger partial charge < -0.3 is 34.8 Å². The summed E-state index contributed by atoms with van der Waals surface area (Å²) in [5.41, 5.74) is 4.25. The van der Waals surface area contributed by atoms with Crippen molar-refractivity contribution in [2.45, 2.75) is 4.90 Å². The average Bonchev–Trinajstić information content (AvgIpc) is 3.31. The second kappa shape index (κ2) is 8.08. The molecule has 5 rings (SSSR count). The Morgan fingerprint density at radius 1 is 0.700 bits per heavy atom. The number of hydrogen-bond donors (Lipinski definition) is 3. The molecule has 0 atom stereocenters. The third-order valence-electron chi connectivity index (χ3n) is 4.53. The molecule has 30 heavy (non-hydrogen) atoms. The molecule has 3 N–H and O–H groups in total. The molecule has 10 heteroatoms. The van der Waals surface area contributed by atoms with Gasteiger partial charge in [-0.1, -0.05) is 24.3 Å². The van der Waals surface area contributed by atoms with Crippen molar-refractivity contribution in [2.24, 2.45) is 0 Å². The second-order valence-corrected chi connectivity index (χ2v) is 7.85. The molecule has 0 aliphatic rings. The maximum absolute atomic E-state index is 11.8. The van der Waals surface area contributed by atoms with Crippen LogP contribution in [0.5, 0.6) is 0 Å². The molecule has 0 amide bonds. The molecule has 0 aliphatic heterocycles. The van der Waals surface area contributed by atoms with E-state index >= 15 is 0 Å². The minimum absolute atomic E-state index is 0. The van der Waals surface area contributed by atoms with Crippen LogP contribution in [0, 0.1) is 0 Å². The summed E-state index contributed by atoms with van der Waals surface area (Å²) < 4.78 is 33.3. The van der Waals surface area contributed by atoms with Crippen LogP contribution in [0.15, 0.2) is 71.6 Å². The molecular formula is C20H14Cl2N4O3S-2. The van der Waals surface area contributed by atoms with Crippen molar-refractivity contribution in [1.29, 1.82) is 0 Å². The van der Waals surface area contributed by atoms with Gasteiger partial charge in [-0.3, -0.25) is 4.55 Å². The monoisotopic (exact) mass is 460 g/mol. The highest BCUT2D eigenvalue weighted by atomic mass is 35.5. The van der Waals surface area contributed by atoms with Crippen molar-refractivity contribution in [1.82, 2.24) is 19.9 Å². The van der Waals surface area contributed by atoms with Gasteiger partial charge in [0.2, 0.25) is 0 Å². The predicted molar refractivity (Wildman–Crippen MR) is 106 cm³/mol. The largest absolute Gasteiger partial charge is 1.00 e. The first-order chi connectivity index (χ1) is 13.5. The zero-order valence-corrected chi connectivity index (χ0v) is 17.5. The number of fused-ring (bicyclic) bond motifs is 2. The van der Waals surface area contributed by atoms with E-state index in [9.17, 15) is 13.0 Å². The minimum atomic E-state index is -4.41. The highest BCUT2D eigenvalue weighted by molar-refractivity contribution is 7.85. The van der Waals surface area contributed by atoms with Crippen LogP contribution >= 0.6 is 0 Å². The molecule has 154 valence electrons. The Kier molecular flexibility index (Phi) is 5.87. The Morgan fingerprint density at radius 2 is 1.13 bits per heavy atom. The third-order valence-corrected chi connectivity index (χ3v) is 5.36. The van der Waals surface area contributed by atoms with Crippen LogP contribution in [0.1, 0.15) is 0 Å². The van der Waals surface area contributed by atoms with Gasteiger partial charge in [0.1, 0.15) is 11.6 Å². The molecule has 0 radical (unpaired) electrons. The maximum Gasteiger partial charge on any atom is 0.294 e. The first-order valence-corrected chi connectivity index (χ1v) is 9.94. The molecule has 0 unspecified atom stereocenters. The normalized spacial score (nSPS) is 11.2. The van der Waals surface area contributed by atoms with E-state index in [-0.39, 0.29) is 29.7 Å². The van der Waals surface area contributed by atoms with Gasteiger partial charge in [0.05, 0.1) is 27.0 Å². The number of hydrogen-bond acceptors (Lipinski definition) is 4. The fourth-order valence-corrected chi connectivity index (χ4v) is 3.75. The molecule has 2 aromatic heterocycles. The van der Waals surface area contributed by atoms with Crippen molar-refractivity contribution >= 4 is 32.2 Å². The van der Waals surface area contributed by atoms with Gasteiger partial charge >= 0.3 is 0 Å². The molecule has 0 aliphatic carbocycles. The molecule has 5 aromatic rings. The van der Waals surface area contributed by atoms with Gasteiger partial charge in [-0.05, 0) is 42.5 Å². The first-order valence-electron chi connectivity index (χ1n) is 8.50. The molecular weight excluding hydrogens is 447 g/mol. The van der Waals surface area contributed by atoms with Crippen molar-refractivity contribution in [3.05, 3.63) is 66.7 Å². The second-order valence-electron chi connectivity index (χ2n) is 6.43. The molecule has 0 fully saturated rings. The van der Waals surface area contributed by atoms with Crippen molar-refractivity contribution in [2.75, 3.05) is 0 Å². The average molecular weight is 461 g/mol. The lowest BCUT2D eigenvalue weighted by Gasteiger charge is -2.05. The van der Waals surface area contributed by atoms with E-state index in [1.807, 2.05) is 48.5 Å². The molecule has 3 aromatic carbocycles. The number of aromatic amines is 2. The van der Waals surface area contributed by atoms with Gasteiger partial charge in [-0.25, -0.2) is 9.97 Å². The number of imidazole rings is 2. The van der Waals surface area contributed by atoms with Crippen LogP contribution in [0.25, 0.3) is 44.8 Å². The van der Waals surface area contributed by atoms with Crippen LogP contribution in [0.4, 0.5) is 0 Å². The number of benzene rings is 3. The summed E-state index contributed by atoms with van der Waals surface area (Å²) >= 11 is 0. The van der Waals surface area contributed by atoms with Gasteiger partial charge in [-0.2, -0.15) is 8.42 Å². The summed E-state index contributed by atoms with van der Waals surface area (Å²) in [5.74, 6) is 1.01. The quantitative estimate of drug-likeness (QED) is 0.270. The summed E-state index contributed by atoms with van der Waals surface area (Å²) in [4.78, 5) is 15.2. The Labute approximate surface area is 184 Å². The molecule has 0 bridgehead atoms. The lowest BCUT2D eigenvalue weighted by Crippen LogP contribution is -3.00. The number of aromatic nitrogens is 4. The van der Waals surface area contributed by atoms with Gasteiger partial charge in [-0.15, -0.1) is 0 Å². The summed E-state index contributed by atoms with van der Waals surface area (Å²) in [6.07, 6.45) is 0. The summed E-state index contributed by atoms with van der Waals surface area (Å²) in [6, 6.07) is 19.6. The highest BCUT2D eigenvalue weighted by Gasteiger charge is 2.17. The van der Waals surface area contributed by atoms with E-state index in [2.05, 4.69) is 19.9 Å². The lowest BCUT2D eigenvalue weighted by atomic mass is 10.1. The zero-order chi connectivity index (χ0) is 19.3. The fraction of sp³-hybridized carbons (Fsp3) is 0. The van der Waals surface area contributed by atoms with Crippen LogP contribution in [0.3, 0.4) is 0 Å². The Hall–Kier alpha value is -2.91. The third kappa shape index (κ3) is 3.90. The van der Waals surface area contributed by atoms with E-state index in [1.165, 1.54) is 12.1 Å². The molecule has 0 saturated heterocycles. The van der Waals surface area contributed by atoms with Crippen LogP contribution < -0.4 is 24.8 Å². The number of rotatable bonds is 3. The van der Waals surface area contributed by atoms with Gasteiger partial charge in [0, 0.05) is 11.1 Å². The van der Waals surface area contributed by atoms with E-state index in [0.717, 1.165) is 22.1 Å². The Morgan fingerprint density at radius 3 is 1.53 bits per heavy atom. The molecule has 0 saturated carbocycles.